The normalized spacial score (nSPS) is 20.9. The van der Waals surface area contributed by atoms with Crippen LogP contribution in [0.15, 0.2) is 53.6 Å². The van der Waals surface area contributed by atoms with Gasteiger partial charge in [0.2, 0.25) is 0 Å². The quantitative estimate of drug-likeness (QED) is 0.374. The minimum atomic E-state index is -0.812. The number of amides is 1. The summed E-state index contributed by atoms with van der Waals surface area (Å²) in [4.78, 5) is 14.9. The highest BCUT2D eigenvalue weighted by atomic mass is 16.5. The number of aliphatic hydroxyl groups excluding tert-OH is 1. The molecule has 2 heterocycles. The highest BCUT2D eigenvalue weighted by molar-refractivity contribution is 6.00. The molecule has 2 aliphatic rings. The lowest BCUT2D eigenvalue weighted by molar-refractivity contribution is -0.0599. The molecule has 0 bridgehead atoms. The number of ether oxygens (including phenoxy) is 1. The Labute approximate surface area is 219 Å². The fourth-order valence-electron chi connectivity index (χ4n) is 5.16. The monoisotopic (exact) mass is 505 g/mol. The first-order valence-electron chi connectivity index (χ1n) is 13.2. The van der Waals surface area contributed by atoms with E-state index in [-0.39, 0.29) is 23.8 Å². The van der Waals surface area contributed by atoms with Crippen molar-refractivity contribution in [2.24, 2.45) is 0 Å². The average molecular weight is 506 g/mol. The molecule has 2 aromatic carbocycles. The summed E-state index contributed by atoms with van der Waals surface area (Å²) < 4.78 is 6.47. The average Bonchev–Trinajstić information content (AvgIpc) is 3.15. The van der Waals surface area contributed by atoms with Crippen molar-refractivity contribution in [3.63, 3.8) is 0 Å². The van der Waals surface area contributed by atoms with Gasteiger partial charge in [0.05, 0.1) is 18.2 Å². The van der Waals surface area contributed by atoms with E-state index in [2.05, 4.69) is 32.9 Å². The summed E-state index contributed by atoms with van der Waals surface area (Å²) in [6.07, 6.45) is 8.10. The maximum atomic E-state index is 13.2. The number of phenols is 2. The molecule has 6 heteroatoms. The van der Waals surface area contributed by atoms with Crippen LogP contribution >= 0.6 is 0 Å². The van der Waals surface area contributed by atoms with Gasteiger partial charge in [0.15, 0.2) is 0 Å². The summed E-state index contributed by atoms with van der Waals surface area (Å²) in [7, 11) is 0. The number of rotatable bonds is 9. The number of aromatic hydroxyl groups is 2. The Morgan fingerprint density at radius 2 is 1.84 bits per heavy atom. The molecule has 4 rings (SSSR count). The van der Waals surface area contributed by atoms with Gasteiger partial charge in [0.1, 0.15) is 22.8 Å². The van der Waals surface area contributed by atoms with E-state index in [0.717, 1.165) is 30.4 Å². The van der Waals surface area contributed by atoms with Gasteiger partial charge in [-0.25, -0.2) is 0 Å². The molecule has 3 N–H and O–H groups in total. The van der Waals surface area contributed by atoms with E-state index in [0.29, 0.717) is 42.8 Å². The minimum absolute atomic E-state index is 0.00130. The standard InChI is InChI=1S/C31H39NO5/c1-20(2)7-5-8-21(3)9-6-15-31(4)28(35)18-25-27(34)17-24-26(29(25)37-31)19-32(30(24)36)16-14-22-10-12-23(33)13-11-22/h7,9-13,17,28,33-35H,5-6,8,14-16,18-19H2,1-4H3/b21-9+/t28-,31+/m0/s1. The molecule has 37 heavy (non-hydrogen) atoms. The predicted octanol–water partition coefficient (Wildman–Crippen LogP) is 5.82. The second kappa shape index (κ2) is 11.0. The van der Waals surface area contributed by atoms with Gasteiger partial charge < -0.3 is 25.0 Å². The third-order valence-corrected chi connectivity index (χ3v) is 7.60. The number of aliphatic hydroxyl groups is 1. The zero-order valence-corrected chi connectivity index (χ0v) is 22.4. The van der Waals surface area contributed by atoms with Crippen molar-refractivity contribution in [1.82, 2.24) is 4.90 Å². The molecule has 0 saturated heterocycles. The van der Waals surface area contributed by atoms with Crippen molar-refractivity contribution in [2.45, 2.75) is 84.5 Å². The number of allylic oxidation sites excluding steroid dienone is 4. The highest BCUT2D eigenvalue weighted by Crippen LogP contribution is 2.46. The van der Waals surface area contributed by atoms with Crippen LogP contribution in [0.3, 0.4) is 0 Å². The van der Waals surface area contributed by atoms with Crippen LogP contribution in [0.25, 0.3) is 0 Å². The van der Waals surface area contributed by atoms with Gasteiger partial charge in [-0.1, -0.05) is 35.4 Å². The van der Waals surface area contributed by atoms with Crippen LogP contribution < -0.4 is 4.74 Å². The van der Waals surface area contributed by atoms with E-state index >= 15 is 0 Å². The summed E-state index contributed by atoms with van der Waals surface area (Å²) >= 11 is 0. The van der Waals surface area contributed by atoms with Gasteiger partial charge in [-0.15, -0.1) is 0 Å². The van der Waals surface area contributed by atoms with E-state index in [9.17, 15) is 20.1 Å². The number of benzene rings is 2. The molecule has 2 atom stereocenters. The SMILES string of the molecule is CC(C)=CCC/C(C)=C/CC[C@@]1(C)Oc2c(c(O)cc3c2CN(CCc2ccc(O)cc2)C3=O)C[C@@H]1O. The minimum Gasteiger partial charge on any atom is -0.508 e. The van der Waals surface area contributed by atoms with Crippen molar-refractivity contribution in [3.05, 3.63) is 75.9 Å². The van der Waals surface area contributed by atoms with Gasteiger partial charge in [0.25, 0.3) is 5.91 Å². The number of nitrogens with zero attached hydrogens (tertiary/aromatic N) is 1. The zero-order chi connectivity index (χ0) is 26.7. The van der Waals surface area contributed by atoms with Gasteiger partial charge in [-0.05, 0) is 83.6 Å². The second-order valence-corrected chi connectivity index (χ2v) is 10.9. The molecule has 2 aliphatic heterocycles. The first-order chi connectivity index (χ1) is 17.6. The van der Waals surface area contributed by atoms with Crippen LogP contribution in [0, 0.1) is 0 Å². The van der Waals surface area contributed by atoms with Crippen molar-refractivity contribution in [2.75, 3.05) is 6.54 Å². The van der Waals surface area contributed by atoms with Crippen LogP contribution in [0.4, 0.5) is 0 Å². The Balaban J connectivity index is 1.47. The molecule has 0 fully saturated rings. The van der Waals surface area contributed by atoms with Crippen molar-refractivity contribution in [3.8, 4) is 17.2 Å². The van der Waals surface area contributed by atoms with Gasteiger partial charge in [0, 0.05) is 24.1 Å². The molecule has 0 aliphatic carbocycles. The fourth-order valence-corrected chi connectivity index (χ4v) is 5.16. The summed E-state index contributed by atoms with van der Waals surface area (Å²) in [6.45, 7) is 9.20. The Kier molecular flexibility index (Phi) is 7.98. The number of carbonyl (C=O) groups excluding carboxylic acids is 1. The van der Waals surface area contributed by atoms with Gasteiger partial charge >= 0.3 is 0 Å². The maximum absolute atomic E-state index is 13.2. The largest absolute Gasteiger partial charge is 0.508 e. The van der Waals surface area contributed by atoms with Crippen LogP contribution in [0.1, 0.15) is 80.4 Å². The Morgan fingerprint density at radius 1 is 1.11 bits per heavy atom. The first-order valence-corrected chi connectivity index (χ1v) is 13.2. The fraction of sp³-hybridized carbons (Fsp3) is 0.452. The summed E-state index contributed by atoms with van der Waals surface area (Å²) in [5.74, 6) is 0.636. The van der Waals surface area contributed by atoms with Crippen LogP contribution in [-0.4, -0.2) is 44.4 Å². The van der Waals surface area contributed by atoms with E-state index in [1.807, 2.05) is 19.1 Å². The summed E-state index contributed by atoms with van der Waals surface area (Å²) in [5.41, 5.74) is 4.69. The number of hydrogen-bond acceptors (Lipinski definition) is 5. The first kappa shape index (κ1) is 26.8. The molecular weight excluding hydrogens is 466 g/mol. The Bertz CT molecular complexity index is 1210. The van der Waals surface area contributed by atoms with Crippen molar-refractivity contribution in [1.29, 1.82) is 0 Å². The third kappa shape index (κ3) is 6.02. The lowest BCUT2D eigenvalue weighted by Crippen LogP contribution is -2.49. The molecule has 0 unspecified atom stereocenters. The predicted molar refractivity (Wildman–Crippen MR) is 145 cm³/mol. The lowest BCUT2D eigenvalue weighted by Gasteiger charge is -2.40. The van der Waals surface area contributed by atoms with Crippen molar-refractivity contribution >= 4 is 5.91 Å². The second-order valence-electron chi connectivity index (χ2n) is 10.9. The Morgan fingerprint density at radius 3 is 2.54 bits per heavy atom. The van der Waals surface area contributed by atoms with Gasteiger partial charge in [-0.3, -0.25) is 4.79 Å². The Hall–Kier alpha value is -3.25. The van der Waals surface area contributed by atoms with Crippen LogP contribution in [0.5, 0.6) is 17.2 Å². The molecule has 0 saturated carbocycles. The number of hydrogen-bond donors (Lipinski definition) is 3. The van der Waals surface area contributed by atoms with Gasteiger partial charge in [-0.2, -0.15) is 0 Å². The smallest absolute Gasteiger partial charge is 0.254 e. The summed E-state index contributed by atoms with van der Waals surface area (Å²) in [6, 6.07) is 8.51. The van der Waals surface area contributed by atoms with Crippen LogP contribution in [-0.2, 0) is 19.4 Å². The summed E-state index contributed by atoms with van der Waals surface area (Å²) in [5, 5.41) is 31.2. The molecule has 198 valence electrons. The zero-order valence-electron chi connectivity index (χ0n) is 22.4. The van der Waals surface area contributed by atoms with E-state index in [4.69, 9.17) is 4.74 Å². The van der Waals surface area contributed by atoms with E-state index in [1.165, 1.54) is 17.2 Å². The molecule has 0 spiro atoms. The van der Waals surface area contributed by atoms with Crippen LogP contribution in [0.2, 0.25) is 0 Å². The maximum Gasteiger partial charge on any atom is 0.254 e. The molecule has 2 aromatic rings. The molecule has 6 nitrogen and oxygen atoms in total. The molecule has 1 amide bonds. The van der Waals surface area contributed by atoms with E-state index in [1.54, 1.807) is 17.0 Å². The third-order valence-electron chi connectivity index (χ3n) is 7.60. The molecule has 0 aromatic heterocycles. The number of phenolic OH excluding ortho intramolecular Hbond substituents is 2. The molecular formula is C31H39NO5. The number of fused-ring (bicyclic) bond motifs is 3. The molecule has 0 radical (unpaired) electrons. The van der Waals surface area contributed by atoms with Crippen molar-refractivity contribution < 1.29 is 24.9 Å². The highest BCUT2D eigenvalue weighted by Gasteiger charge is 2.44. The number of carbonyl (C=O) groups is 1. The lowest BCUT2D eigenvalue weighted by atomic mass is 9.84. The van der Waals surface area contributed by atoms with E-state index < -0.39 is 11.7 Å². The topological polar surface area (TPSA) is 90.2 Å².